The number of aliphatic hydroxyl groups excluding tert-OH is 2. The van der Waals surface area contributed by atoms with Crippen LogP contribution >= 0.6 is 0 Å². The molecule has 0 fully saturated rings. The number of rotatable bonds is 4. The third-order valence-electron chi connectivity index (χ3n) is 0.765. The number of hydrogen-bond acceptors (Lipinski definition) is 4. The van der Waals surface area contributed by atoms with Gasteiger partial charge < -0.3 is 14.9 Å². The second-order valence-electron chi connectivity index (χ2n) is 1.47. The van der Waals surface area contributed by atoms with E-state index < -0.39 is 12.8 Å². The molecule has 0 radical (unpaired) electrons. The van der Waals surface area contributed by atoms with Gasteiger partial charge in [-0.25, -0.2) is 0 Å². The van der Waals surface area contributed by atoms with Crippen molar-refractivity contribution in [3.05, 3.63) is 0 Å². The van der Waals surface area contributed by atoms with Crippen molar-refractivity contribution in [3.8, 4) is 0 Å². The van der Waals surface area contributed by atoms with Crippen LogP contribution in [0.25, 0.3) is 0 Å². The van der Waals surface area contributed by atoms with Gasteiger partial charge in [0.25, 0.3) is 0 Å². The summed E-state index contributed by atoms with van der Waals surface area (Å²) in [7, 11) is 0. The summed E-state index contributed by atoms with van der Waals surface area (Å²) in [6.45, 7) is -0.606. The molecule has 0 bridgehead atoms. The summed E-state index contributed by atoms with van der Waals surface area (Å²) in [6, 6.07) is 0. The molecular weight excluding hydrogens is 189 g/mol. The van der Waals surface area contributed by atoms with E-state index in [-0.39, 0.29) is 32.5 Å². The van der Waals surface area contributed by atoms with Gasteiger partial charge in [-0.3, -0.25) is 4.79 Å². The topological polar surface area (TPSA) is 66.8 Å². The van der Waals surface area contributed by atoms with Gasteiger partial charge in [-0.1, -0.05) is 0 Å². The van der Waals surface area contributed by atoms with E-state index in [1.54, 1.807) is 0 Å². The molecule has 0 aliphatic rings. The number of aliphatic hydroxyl groups is 2. The Morgan fingerprint density at radius 2 is 2.00 bits per heavy atom. The first kappa shape index (κ1) is 12.7. The average Bonchev–Trinajstić information content (AvgIpc) is 1.85. The molecule has 0 aliphatic carbocycles. The van der Waals surface area contributed by atoms with E-state index in [9.17, 15) is 4.79 Å². The number of ether oxygens (including phenoxy) is 1. The van der Waals surface area contributed by atoms with Crippen molar-refractivity contribution in [1.29, 1.82) is 0 Å². The van der Waals surface area contributed by atoms with Gasteiger partial charge in [0.2, 0.25) is 0 Å². The fourth-order valence-electron chi connectivity index (χ4n) is 0.368. The Kier molecular flexibility index (Phi) is 11.4. The van der Waals surface area contributed by atoms with Gasteiger partial charge in [-0.05, 0) is 6.42 Å². The van der Waals surface area contributed by atoms with E-state index in [1.807, 2.05) is 0 Å². The smallest absolute Gasteiger partial charge is 0.307 e. The van der Waals surface area contributed by atoms with Crippen LogP contribution in [0.3, 0.4) is 0 Å². The van der Waals surface area contributed by atoms with E-state index in [2.05, 4.69) is 4.74 Å². The first-order valence-electron chi connectivity index (χ1n) is 2.68. The van der Waals surface area contributed by atoms with Gasteiger partial charge in [0.1, 0.15) is 0 Å². The third-order valence-corrected chi connectivity index (χ3v) is 0.765. The zero-order valence-electron chi connectivity index (χ0n) is 5.75. The van der Waals surface area contributed by atoms with Crippen molar-refractivity contribution in [2.75, 3.05) is 13.4 Å². The fraction of sp³-hybridized carbons (Fsp3) is 0.800. The summed E-state index contributed by atoms with van der Waals surface area (Å²) in [4.78, 5) is 10.3. The summed E-state index contributed by atoms with van der Waals surface area (Å²) in [6.07, 6.45) is 0.551. The SMILES string of the molecule is O=C(CCCO)OCO.[Zn]. The average molecular weight is 200 g/mol. The first-order chi connectivity index (χ1) is 4.31. The molecule has 0 amide bonds. The Morgan fingerprint density at radius 3 is 2.40 bits per heavy atom. The summed E-state index contributed by atoms with van der Waals surface area (Å²) < 4.78 is 4.15. The predicted octanol–water partition coefficient (Wildman–Crippen LogP) is -0.751. The minimum absolute atomic E-state index is 0. The van der Waals surface area contributed by atoms with Gasteiger partial charge in [0.15, 0.2) is 6.79 Å². The van der Waals surface area contributed by atoms with Gasteiger partial charge in [0, 0.05) is 32.5 Å². The van der Waals surface area contributed by atoms with Crippen LogP contribution in [0.4, 0.5) is 0 Å². The van der Waals surface area contributed by atoms with Crippen molar-refractivity contribution in [1.82, 2.24) is 0 Å². The van der Waals surface area contributed by atoms with Crippen LogP contribution < -0.4 is 0 Å². The van der Waals surface area contributed by atoms with Crippen LogP contribution in [0.1, 0.15) is 12.8 Å². The molecule has 0 aromatic heterocycles. The van der Waals surface area contributed by atoms with Crippen molar-refractivity contribution in [2.45, 2.75) is 12.8 Å². The van der Waals surface area contributed by atoms with E-state index >= 15 is 0 Å². The maximum absolute atomic E-state index is 10.3. The maximum Gasteiger partial charge on any atom is 0.307 e. The molecular formula is C5H10O4Zn. The van der Waals surface area contributed by atoms with Gasteiger partial charge in [0.05, 0.1) is 0 Å². The zero-order chi connectivity index (χ0) is 7.11. The molecule has 56 valence electrons. The molecule has 2 N–H and O–H groups in total. The standard InChI is InChI=1S/C5H10O4.Zn/c6-3-1-2-5(8)9-4-7;/h6-7H,1-4H2;. The van der Waals surface area contributed by atoms with E-state index in [0.717, 1.165) is 0 Å². The van der Waals surface area contributed by atoms with E-state index in [1.165, 1.54) is 0 Å². The number of carbonyl (C=O) groups excluding carboxylic acids is 1. The van der Waals surface area contributed by atoms with Crippen LogP contribution in [0.15, 0.2) is 0 Å². The molecule has 0 atom stereocenters. The molecule has 10 heavy (non-hydrogen) atoms. The minimum Gasteiger partial charge on any atom is -0.439 e. The molecule has 0 rings (SSSR count). The third kappa shape index (κ3) is 8.01. The minimum atomic E-state index is -0.579. The van der Waals surface area contributed by atoms with Crippen molar-refractivity contribution in [3.63, 3.8) is 0 Å². The Bertz CT molecular complexity index is 85.7. The van der Waals surface area contributed by atoms with Crippen molar-refractivity contribution >= 4 is 5.97 Å². The maximum atomic E-state index is 10.3. The van der Waals surface area contributed by atoms with E-state index in [0.29, 0.717) is 6.42 Å². The normalized spacial score (nSPS) is 8.20. The molecule has 0 aromatic rings. The second-order valence-corrected chi connectivity index (χ2v) is 1.47. The fourth-order valence-corrected chi connectivity index (χ4v) is 0.368. The Balaban J connectivity index is 0. The molecule has 0 aromatic carbocycles. The molecule has 5 heteroatoms. The molecule has 0 heterocycles. The molecule has 0 saturated heterocycles. The summed E-state index contributed by atoms with van der Waals surface area (Å²) in [5.41, 5.74) is 0. The van der Waals surface area contributed by atoms with Crippen molar-refractivity contribution in [2.24, 2.45) is 0 Å². The van der Waals surface area contributed by atoms with Gasteiger partial charge in [-0.2, -0.15) is 0 Å². The summed E-state index contributed by atoms with van der Waals surface area (Å²) in [5, 5.41) is 16.2. The van der Waals surface area contributed by atoms with Crippen LogP contribution in [-0.4, -0.2) is 29.6 Å². The van der Waals surface area contributed by atoms with Crippen LogP contribution in [0.2, 0.25) is 0 Å². The second kappa shape index (κ2) is 9.01. The first-order valence-corrected chi connectivity index (χ1v) is 2.68. The Labute approximate surface area is 71.9 Å². The van der Waals surface area contributed by atoms with Gasteiger partial charge in [-0.15, -0.1) is 0 Å². The largest absolute Gasteiger partial charge is 0.439 e. The number of hydrogen-bond donors (Lipinski definition) is 2. The monoisotopic (exact) mass is 198 g/mol. The molecule has 0 spiro atoms. The van der Waals surface area contributed by atoms with Crippen LogP contribution in [0.5, 0.6) is 0 Å². The van der Waals surface area contributed by atoms with Gasteiger partial charge >= 0.3 is 5.97 Å². The number of esters is 1. The number of carbonyl (C=O) groups is 1. The van der Waals surface area contributed by atoms with Crippen molar-refractivity contribution < 1.29 is 39.2 Å². The summed E-state index contributed by atoms with van der Waals surface area (Å²) in [5.74, 6) is -0.480. The zero-order valence-corrected chi connectivity index (χ0v) is 8.71. The molecule has 0 unspecified atom stereocenters. The Morgan fingerprint density at radius 1 is 1.40 bits per heavy atom. The summed E-state index contributed by atoms with van der Waals surface area (Å²) >= 11 is 0. The quantitative estimate of drug-likeness (QED) is 0.355. The van der Waals surface area contributed by atoms with Crippen LogP contribution in [0, 0.1) is 0 Å². The molecule has 0 aliphatic heterocycles. The molecule has 4 nitrogen and oxygen atoms in total. The van der Waals surface area contributed by atoms with E-state index in [4.69, 9.17) is 10.2 Å². The molecule has 0 saturated carbocycles. The van der Waals surface area contributed by atoms with Crippen LogP contribution in [-0.2, 0) is 29.0 Å². The predicted molar refractivity (Wildman–Crippen MR) is 29.5 cm³/mol. The Hall–Kier alpha value is 0.0134.